The average molecular weight is 411 g/mol. The van der Waals surface area contributed by atoms with E-state index in [0.717, 1.165) is 11.1 Å². The van der Waals surface area contributed by atoms with Gasteiger partial charge < -0.3 is 9.72 Å². The second kappa shape index (κ2) is 7.06. The predicted octanol–water partition coefficient (Wildman–Crippen LogP) is 4.24. The summed E-state index contributed by atoms with van der Waals surface area (Å²) in [5, 5.41) is 15.7. The van der Waals surface area contributed by atoms with Gasteiger partial charge >= 0.3 is 0 Å². The lowest BCUT2D eigenvalue weighted by Gasteiger charge is -2.08. The van der Waals surface area contributed by atoms with Crippen LogP contribution in [0, 0.1) is 17.0 Å². The Labute approximate surface area is 169 Å². The summed E-state index contributed by atoms with van der Waals surface area (Å²) >= 11 is 6.13. The van der Waals surface area contributed by atoms with E-state index in [1.165, 1.54) is 29.8 Å². The van der Waals surface area contributed by atoms with E-state index in [-0.39, 0.29) is 11.2 Å². The molecule has 2 aromatic carbocycles. The molecule has 0 bridgehead atoms. The predicted molar refractivity (Wildman–Crippen MR) is 110 cm³/mol. The third-order valence-electron chi connectivity index (χ3n) is 4.62. The summed E-state index contributed by atoms with van der Waals surface area (Å²) in [6.07, 6.45) is 0. The number of nitrogens with zero attached hydrogens (tertiary/aromatic N) is 3. The van der Waals surface area contributed by atoms with Crippen molar-refractivity contribution in [3.63, 3.8) is 0 Å². The Hall–Kier alpha value is -3.65. The van der Waals surface area contributed by atoms with E-state index < -0.39 is 4.92 Å². The molecule has 146 valence electrons. The summed E-state index contributed by atoms with van der Waals surface area (Å²) in [4.78, 5) is 26.3. The Bertz CT molecular complexity index is 1310. The van der Waals surface area contributed by atoms with Gasteiger partial charge in [0.05, 0.1) is 28.4 Å². The number of nitro groups is 1. The molecule has 0 radical (unpaired) electrons. The van der Waals surface area contributed by atoms with Crippen LogP contribution in [-0.2, 0) is 0 Å². The first-order chi connectivity index (χ1) is 13.9. The van der Waals surface area contributed by atoms with Gasteiger partial charge in [-0.25, -0.2) is 0 Å². The number of halogens is 1. The molecule has 9 heteroatoms. The Morgan fingerprint density at radius 3 is 2.48 bits per heavy atom. The highest BCUT2D eigenvalue weighted by atomic mass is 35.5. The van der Waals surface area contributed by atoms with Crippen LogP contribution in [0.25, 0.3) is 28.0 Å². The number of aromatic amines is 1. The molecule has 0 spiro atoms. The monoisotopic (exact) mass is 410 g/mol. The molecule has 0 fully saturated rings. The number of ether oxygens (including phenoxy) is 1. The van der Waals surface area contributed by atoms with Crippen LogP contribution in [0.3, 0.4) is 0 Å². The van der Waals surface area contributed by atoms with Crippen LogP contribution in [0.2, 0.25) is 5.02 Å². The summed E-state index contributed by atoms with van der Waals surface area (Å²) in [6.45, 7) is 1.81. The molecule has 4 rings (SSSR count). The quantitative estimate of drug-likeness (QED) is 0.400. The van der Waals surface area contributed by atoms with E-state index in [2.05, 4.69) is 10.1 Å². The molecule has 0 aliphatic rings. The van der Waals surface area contributed by atoms with E-state index in [0.29, 0.717) is 33.4 Å². The summed E-state index contributed by atoms with van der Waals surface area (Å²) in [5.41, 5.74) is 3.52. The smallest absolute Gasteiger partial charge is 0.274 e. The third-order valence-corrected chi connectivity index (χ3v) is 4.93. The van der Waals surface area contributed by atoms with Crippen LogP contribution in [-0.4, -0.2) is 26.6 Å². The first kappa shape index (κ1) is 18.7. The Morgan fingerprint density at radius 1 is 1.14 bits per heavy atom. The number of fused-ring (bicyclic) bond motifs is 1. The zero-order valence-corrected chi connectivity index (χ0v) is 16.2. The van der Waals surface area contributed by atoms with Gasteiger partial charge in [0, 0.05) is 23.8 Å². The Balaban J connectivity index is 1.92. The van der Waals surface area contributed by atoms with Gasteiger partial charge in [0.1, 0.15) is 11.4 Å². The molecule has 2 heterocycles. The maximum absolute atomic E-state index is 12.6. The van der Waals surface area contributed by atoms with Crippen molar-refractivity contribution in [1.29, 1.82) is 0 Å². The number of H-pyrrole nitrogens is 1. The summed E-state index contributed by atoms with van der Waals surface area (Å²) in [5.74, 6) is 0.511. The van der Waals surface area contributed by atoms with E-state index in [4.69, 9.17) is 16.3 Å². The van der Waals surface area contributed by atoms with Crippen molar-refractivity contribution in [2.45, 2.75) is 6.92 Å². The van der Waals surface area contributed by atoms with Crippen LogP contribution in [0.15, 0.2) is 53.3 Å². The fourth-order valence-electron chi connectivity index (χ4n) is 3.23. The Morgan fingerprint density at radius 2 is 1.83 bits per heavy atom. The van der Waals surface area contributed by atoms with Gasteiger partial charge in [0.2, 0.25) is 0 Å². The average Bonchev–Trinajstić information content (AvgIpc) is 3.05. The lowest BCUT2D eigenvalue weighted by Crippen LogP contribution is -2.14. The van der Waals surface area contributed by atoms with Crippen LogP contribution >= 0.6 is 11.6 Å². The molecule has 8 nitrogen and oxygen atoms in total. The lowest BCUT2D eigenvalue weighted by atomic mass is 10.1. The maximum atomic E-state index is 12.6. The summed E-state index contributed by atoms with van der Waals surface area (Å²) in [7, 11) is 1.53. The van der Waals surface area contributed by atoms with Crippen molar-refractivity contribution >= 4 is 22.9 Å². The van der Waals surface area contributed by atoms with Gasteiger partial charge in [-0.15, -0.1) is 0 Å². The number of hydrogen-bond acceptors (Lipinski definition) is 5. The van der Waals surface area contributed by atoms with Crippen LogP contribution < -0.4 is 10.3 Å². The maximum Gasteiger partial charge on any atom is 0.274 e. The number of rotatable bonds is 4. The number of non-ortho nitro benzene ring substituents is 1. The molecule has 4 aromatic rings. The highest BCUT2D eigenvalue weighted by molar-refractivity contribution is 6.32. The zero-order chi connectivity index (χ0) is 20.7. The molecular weight excluding hydrogens is 396 g/mol. The first-order valence-corrected chi connectivity index (χ1v) is 8.98. The van der Waals surface area contributed by atoms with Gasteiger partial charge in [-0.05, 0) is 42.3 Å². The van der Waals surface area contributed by atoms with Crippen LogP contribution in [0.1, 0.15) is 5.69 Å². The third kappa shape index (κ3) is 3.23. The van der Waals surface area contributed by atoms with Crippen molar-refractivity contribution < 1.29 is 9.66 Å². The normalized spacial score (nSPS) is 11.0. The summed E-state index contributed by atoms with van der Waals surface area (Å²) < 4.78 is 6.59. The minimum atomic E-state index is -0.470. The SMILES string of the molecule is COc1cc(-c2c(C)nn3c(=O)cc(-c4ccc([N+](=O)[O-])cc4)[nH]c23)ccc1Cl. The zero-order valence-electron chi connectivity index (χ0n) is 15.5. The van der Waals surface area contributed by atoms with Gasteiger partial charge in [-0.2, -0.15) is 9.61 Å². The van der Waals surface area contributed by atoms with Crippen molar-refractivity contribution in [1.82, 2.24) is 14.6 Å². The number of benzene rings is 2. The minimum Gasteiger partial charge on any atom is -0.495 e. The number of aryl methyl sites for hydroxylation is 1. The van der Waals surface area contributed by atoms with Crippen molar-refractivity contribution in [3.05, 3.63) is 79.7 Å². The molecule has 0 aliphatic heterocycles. The largest absolute Gasteiger partial charge is 0.495 e. The lowest BCUT2D eigenvalue weighted by molar-refractivity contribution is -0.384. The fraction of sp³-hybridized carbons (Fsp3) is 0.100. The van der Waals surface area contributed by atoms with Gasteiger partial charge in [0.25, 0.3) is 11.2 Å². The molecule has 0 atom stereocenters. The minimum absolute atomic E-state index is 0.0219. The molecule has 0 saturated carbocycles. The molecule has 0 aliphatic carbocycles. The topological polar surface area (TPSA) is 103 Å². The standard InChI is InChI=1S/C20H15ClN4O4/c1-11-19(13-5-8-15(21)17(9-13)29-2)20-22-16(10-18(26)24(20)23-11)12-3-6-14(7-4-12)25(27)28/h3-10,22H,1-2H3. The fourth-order valence-corrected chi connectivity index (χ4v) is 3.42. The van der Waals surface area contributed by atoms with E-state index in [1.807, 2.05) is 13.0 Å². The molecule has 2 aromatic heterocycles. The Kier molecular flexibility index (Phi) is 4.56. The van der Waals surface area contributed by atoms with Gasteiger partial charge in [0.15, 0.2) is 0 Å². The van der Waals surface area contributed by atoms with E-state index in [1.54, 1.807) is 24.3 Å². The van der Waals surface area contributed by atoms with Crippen LogP contribution in [0.4, 0.5) is 5.69 Å². The van der Waals surface area contributed by atoms with Gasteiger partial charge in [-0.1, -0.05) is 17.7 Å². The van der Waals surface area contributed by atoms with Crippen molar-refractivity contribution in [2.24, 2.45) is 0 Å². The van der Waals surface area contributed by atoms with Gasteiger partial charge in [-0.3, -0.25) is 14.9 Å². The molecule has 0 amide bonds. The molecular formula is C20H15ClN4O4. The van der Waals surface area contributed by atoms with Crippen molar-refractivity contribution in [2.75, 3.05) is 7.11 Å². The van der Waals surface area contributed by atoms with E-state index in [9.17, 15) is 14.9 Å². The number of hydrogen-bond donors (Lipinski definition) is 1. The number of aromatic nitrogens is 3. The molecule has 29 heavy (non-hydrogen) atoms. The number of nitro benzene ring substituents is 1. The van der Waals surface area contributed by atoms with Crippen LogP contribution in [0.5, 0.6) is 5.75 Å². The molecule has 0 unspecified atom stereocenters. The second-order valence-electron chi connectivity index (χ2n) is 6.40. The first-order valence-electron chi connectivity index (χ1n) is 8.60. The molecule has 1 N–H and O–H groups in total. The number of methoxy groups -OCH3 is 1. The molecule has 0 saturated heterocycles. The van der Waals surface area contributed by atoms with E-state index >= 15 is 0 Å². The van der Waals surface area contributed by atoms with Crippen molar-refractivity contribution in [3.8, 4) is 28.1 Å². The summed E-state index contributed by atoms with van der Waals surface area (Å²) in [6, 6.07) is 12.7. The second-order valence-corrected chi connectivity index (χ2v) is 6.80. The number of nitrogens with one attached hydrogen (secondary N) is 1. The highest BCUT2D eigenvalue weighted by Crippen LogP contribution is 2.34. The highest BCUT2D eigenvalue weighted by Gasteiger charge is 2.17.